The second kappa shape index (κ2) is 5.27. The van der Waals surface area contributed by atoms with Crippen molar-refractivity contribution in [2.24, 2.45) is 0 Å². The van der Waals surface area contributed by atoms with Gasteiger partial charge in [-0.2, -0.15) is 0 Å². The highest BCUT2D eigenvalue weighted by Gasteiger charge is 2.17. The van der Waals surface area contributed by atoms with E-state index in [1.54, 1.807) is 25.1 Å². The number of aromatic nitrogens is 3. The molecule has 0 saturated carbocycles. The predicted molar refractivity (Wildman–Crippen MR) is 68.7 cm³/mol. The average Bonchev–Trinajstić information content (AvgIpc) is 2.72. The molecule has 0 amide bonds. The van der Waals surface area contributed by atoms with Crippen LogP contribution in [0.4, 0.5) is 4.39 Å². The molecule has 0 bridgehead atoms. The van der Waals surface area contributed by atoms with Gasteiger partial charge in [0.1, 0.15) is 5.82 Å². The van der Waals surface area contributed by atoms with Gasteiger partial charge in [-0.05, 0) is 18.6 Å². The Hall–Kier alpha value is -2.09. The maximum absolute atomic E-state index is 14.0. The Morgan fingerprint density at radius 1 is 1.53 bits per heavy atom. The zero-order valence-electron chi connectivity index (χ0n) is 10.00. The van der Waals surface area contributed by atoms with Crippen molar-refractivity contribution in [3.05, 3.63) is 29.6 Å². The molecule has 1 aromatic carbocycles. The van der Waals surface area contributed by atoms with E-state index >= 15 is 0 Å². The summed E-state index contributed by atoms with van der Waals surface area (Å²) in [6.45, 7) is 1.64. The SMILES string of the molecule is Cc1cccc(-c2nnc(SCC(=O)O)n2N)c1F. The maximum Gasteiger partial charge on any atom is 0.313 e. The third-order valence-electron chi connectivity index (χ3n) is 2.42. The number of carboxylic acids is 1. The second-order valence-corrected chi connectivity index (χ2v) is 4.74. The molecule has 0 spiro atoms. The highest BCUT2D eigenvalue weighted by Crippen LogP contribution is 2.25. The Labute approximate surface area is 112 Å². The number of thioether (sulfide) groups is 1. The summed E-state index contributed by atoms with van der Waals surface area (Å²) in [6, 6.07) is 4.87. The number of nitrogens with zero attached hydrogens (tertiary/aromatic N) is 3. The van der Waals surface area contributed by atoms with Crippen molar-refractivity contribution in [1.82, 2.24) is 14.9 Å². The summed E-state index contributed by atoms with van der Waals surface area (Å²) in [5.74, 6) is 4.31. The fraction of sp³-hybridized carbons (Fsp3) is 0.182. The highest BCUT2D eigenvalue weighted by atomic mass is 32.2. The van der Waals surface area contributed by atoms with Crippen LogP contribution < -0.4 is 5.84 Å². The van der Waals surface area contributed by atoms with Crippen molar-refractivity contribution in [3.63, 3.8) is 0 Å². The molecule has 8 heteroatoms. The normalized spacial score (nSPS) is 10.6. The van der Waals surface area contributed by atoms with Crippen molar-refractivity contribution >= 4 is 17.7 Å². The van der Waals surface area contributed by atoms with Gasteiger partial charge in [0.25, 0.3) is 0 Å². The molecule has 0 saturated heterocycles. The van der Waals surface area contributed by atoms with Gasteiger partial charge in [-0.3, -0.25) is 4.79 Å². The number of nitrogens with two attached hydrogens (primary N) is 1. The Bertz CT molecular complexity index is 629. The van der Waals surface area contributed by atoms with E-state index in [9.17, 15) is 9.18 Å². The fourth-order valence-electron chi connectivity index (χ4n) is 1.51. The minimum Gasteiger partial charge on any atom is -0.481 e. The Kier molecular flexibility index (Phi) is 3.70. The lowest BCUT2D eigenvalue weighted by molar-refractivity contribution is -0.133. The van der Waals surface area contributed by atoms with Crippen LogP contribution in [0.15, 0.2) is 23.4 Å². The van der Waals surface area contributed by atoms with Crippen LogP contribution >= 0.6 is 11.8 Å². The molecule has 0 radical (unpaired) electrons. The van der Waals surface area contributed by atoms with Crippen molar-refractivity contribution in [3.8, 4) is 11.4 Å². The quantitative estimate of drug-likeness (QED) is 0.648. The summed E-state index contributed by atoms with van der Waals surface area (Å²) in [4.78, 5) is 10.5. The van der Waals surface area contributed by atoms with Crippen LogP contribution in [0.3, 0.4) is 0 Å². The number of hydrogen-bond acceptors (Lipinski definition) is 5. The molecule has 0 aliphatic heterocycles. The van der Waals surface area contributed by atoms with Gasteiger partial charge in [0.05, 0.1) is 11.3 Å². The van der Waals surface area contributed by atoms with Gasteiger partial charge in [0, 0.05) is 0 Å². The summed E-state index contributed by atoms with van der Waals surface area (Å²) in [7, 11) is 0. The number of carboxylic acid groups (broad SMARTS) is 1. The standard InChI is InChI=1S/C11H11FN4O2S/c1-6-3-2-4-7(9(6)12)10-14-15-11(16(10)13)19-5-8(17)18/h2-4H,5,13H2,1H3,(H,17,18). The third-order valence-corrected chi connectivity index (χ3v) is 3.35. The number of aryl methyl sites for hydroxylation is 1. The molecule has 19 heavy (non-hydrogen) atoms. The van der Waals surface area contributed by atoms with Gasteiger partial charge < -0.3 is 10.9 Å². The fourth-order valence-corrected chi connectivity index (χ4v) is 2.08. The molecule has 100 valence electrons. The Morgan fingerprint density at radius 2 is 2.26 bits per heavy atom. The van der Waals surface area contributed by atoms with Crippen LogP contribution in [-0.2, 0) is 4.79 Å². The van der Waals surface area contributed by atoms with Gasteiger partial charge in [0.15, 0.2) is 5.82 Å². The second-order valence-electron chi connectivity index (χ2n) is 3.80. The monoisotopic (exact) mass is 282 g/mol. The number of halogens is 1. The molecule has 0 atom stereocenters. The van der Waals surface area contributed by atoms with E-state index in [4.69, 9.17) is 10.9 Å². The largest absolute Gasteiger partial charge is 0.481 e. The van der Waals surface area contributed by atoms with Crippen LogP contribution in [0.5, 0.6) is 0 Å². The molecular formula is C11H11FN4O2S. The Morgan fingerprint density at radius 3 is 2.95 bits per heavy atom. The van der Waals surface area contributed by atoms with Crippen LogP contribution in [0, 0.1) is 12.7 Å². The van der Waals surface area contributed by atoms with E-state index in [0.29, 0.717) is 5.56 Å². The molecule has 2 rings (SSSR count). The van der Waals surface area contributed by atoms with Gasteiger partial charge in [-0.15, -0.1) is 10.2 Å². The van der Waals surface area contributed by atoms with E-state index in [-0.39, 0.29) is 22.3 Å². The first-order chi connectivity index (χ1) is 9.00. The average molecular weight is 282 g/mol. The van der Waals surface area contributed by atoms with E-state index in [1.807, 2.05) is 0 Å². The van der Waals surface area contributed by atoms with E-state index < -0.39 is 11.8 Å². The number of carbonyl (C=O) groups is 1. The minimum atomic E-state index is -0.990. The summed E-state index contributed by atoms with van der Waals surface area (Å²) in [5.41, 5.74) is 0.706. The summed E-state index contributed by atoms with van der Waals surface area (Å²) < 4.78 is 15.0. The van der Waals surface area contributed by atoms with Crippen LogP contribution in [0.25, 0.3) is 11.4 Å². The van der Waals surface area contributed by atoms with E-state index in [1.165, 1.54) is 0 Å². The highest BCUT2D eigenvalue weighted by molar-refractivity contribution is 7.99. The van der Waals surface area contributed by atoms with Gasteiger partial charge in [0.2, 0.25) is 5.16 Å². The molecule has 6 nitrogen and oxygen atoms in total. The van der Waals surface area contributed by atoms with Crippen molar-refractivity contribution in [1.29, 1.82) is 0 Å². The first kappa shape index (κ1) is 13.3. The van der Waals surface area contributed by atoms with Crippen LogP contribution in [-0.4, -0.2) is 31.7 Å². The van der Waals surface area contributed by atoms with Crippen molar-refractivity contribution < 1.29 is 14.3 Å². The van der Waals surface area contributed by atoms with Gasteiger partial charge in [-0.25, -0.2) is 9.07 Å². The smallest absolute Gasteiger partial charge is 0.313 e. The first-order valence-electron chi connectivity index (χ1n) is 5.31. The Balaban J connectivity index is 2.36. The predicted octanol–water partition coefficient (Wildman–Crippen LogP) is 1.28. The number of hydrogen-bond donors (Lipinski definition) is 2. The lowest BCUT2D eigenvalue weighted by Crippen LogP contribution is -2.13. The minimum absolute atomic E-state index is 0.161. The number of benzene rings is 1. The number of aliphatic carboxylic acids is 1. The first-order valence-corrected chi connectivity index (χ1v) is 6.30. The van der Waals surface area contributed by atoms with Crippen LogP contribution in [0.2, 0.25) is 0 Å². The lowest BCUT2D eigenvalue weighted by atomic mass is 10.1. The molecule has 2 aromatic rings. The van der Waals surface area contributed by atoms with Gasteiger partial charge >= 0.3 is 5.97 Å². The molecule has 1 heterocycles. The zero-order chi connectivity index (χ0) is 14.0. The topological polar surface area (TPSA) is 94.0 Å². The van der Waals surface area contributed by atoms with E-state index in [2.05, 4.69) is 10.2 Å². The molecule has 1 aromatic heterocycles. The molecular weight excluding hydrogens is 271 g/mol. The molecule has 0 unspecified atom stereocenters. The lowest BCUT2D eigenvalue weighted by Gasteiger charge is -2.05. The van der Waals surface area contributed by atoms with Crippen molar-refractivity contribution in [2.45, 2.75) is 12.1 Å². The van der Waals surface area contributed by atoms with E-state index in [0.717, 1.165) is 16.4 Å². The molecule has 0 fully saturated rings. The zero-order valence-corrected chi connectivity index (χ0v) is 10.8. The molecule has 3 N–H and O–H groups in total. The summed E-state index contributed by atoms with van der Waals surface area (Å²) in [6.07, 6.45) is 0. The molecule has 0 aliphatic rings. The maximum atomic E-state index is 14.0. The van der Waals surface area contributed by atoms with Gasteiger partial charge in [-0.1, -0.05) is 23.9 Å². The molecule has 0 aliphatic carbocycles. The summed E-state index contributed by atoms with van der Waals surface area (Å²) >= 11 is 0.923. The van der Waals surface area contributed by atoms with Crippen LogP contribution in [0.1, 0.15) is 5.56 Å². The number of rotatable bonds is 4. The van der Waals surface area contributed by atoms with Crippen molar-refractivity contribution in [2.75, 3.05) is 11.6 Å². The number of nitrogen functional groups attached to an aromatic ring is 1. The summed E-state index contributed by atoms with van der Waals surface area (Å²) in [5, 5.41) is 16.4. The third kappa shape index (κ3) is 2.68.